The maximum atomic E-state index is 12.2. The van der Waals surface area contributed by atoms with E-state index < -0.39 is 5.25 Å². The van der Waals surface area contributed by atoms with Crippen LogP contribution in [0, 0.1) is 5.92 Å². The highest BCUT2D eigenvalue weighted by Crippen LogP contribution is 2.38. The number of hydrogen-bond donors (Lipinski definition) is 3. The van der Waals surface area contributed by atoms with Crippen molar-refractivity contribution in [1.82, 2.24) is 10.6 Å². The van der Waals surface area contributed by atoms with Gasteiger partial charge < -0.3 is 16.0 Å². The lowest BCUT2D eigenvalue weighted by Crippen LogP contribution is -2.36. The number of carbonyl (C=O) groups excluding carboxylic acids is 2. The number of anilines is 1. The van der Waals surface area contributed by atoms with Gasteiger partial charge >= 0.3 is 0 Å². The van der Waals surface area contributed by atoms with Crippen LogP contribution in [0.3, 0.4) is 0 Å². The lowest BCUT2D eigenvalue weighted by Gasteiger charge is -2.24. The fourth-order valence-corrected chi connectivity index (χ4v) is 4.35. The number of fused-ring (bicyclic) bond motifs is 1. The first kappa shape index (κ1) is 20.4. The highest BCUT2D eigenvalue weighted by atomic mass is 35.5. The molecule has 2 atom stereocenters. The Hall–Kier alpha value is -0.950. The van der Waals surface area contributed by atoms with E-state index in [1.165, 1.54) is 24.6 Å². The molecule has 1 aromatic rings. The van der Waals surface area contributed by atoms with Gasteiger partial charge in [-0.3, -0.25) is 9.59 Å². The molecule has 1 aromatic carbocycles. The van der Waals surface area contributed by atoms with Crippen LogP contribution in [0.2, 0.25) is 5.02 Å². The summed E-state index contributed by atoms with van der Waals surface area (Å²) in [6.07, 6.45) is 3.62. The van der Waals surface area contributed by atoms with E-state index in [4.69, 9.17) is 11.6 Å². The van der Waals surface area contributed by atoms with Crippen LogP contribution in [-0.4, -0.2) is 36.7 Å². The van der Waals surface area contributed by atoms with Crippen molar-refractivity contribution in [2.45, 2.75) is 35.8 Å². The van der Waals surface area contributed by atoms with Gasteiger partial charge in [-0.15, -0.1) is 24.2 Å². The van der Waals surface area contributed by atoms with E-state index in [0.29, 0.717) is 17.5 Å². The van der Waals surface area contributed by atoms with Gasteiger partial charge in [0.25, 0.3) is 0 Å². The summed E-state index contributed by atoms with van der Waals surface area (Å²) in [5.41, 5.74) is 0.721. The van der Waals surface area contributed by atoms with Crippen molar-refractivity contribution in [3.8, 4) is 0 Å². The predicted octanol–water partition coefficient (Wildman–Crippen LogP) is 3.07. The Labute approximate surface area is 163 Å². The number of benzene rings is 1. The van der Waals surface area contributed by atoms with Crippen LogP contribution in [0.4, 0.5) is 5.69 Å². The maximum Gasteiger partial charge on any atom is 0.238 e. The van der Waals surface area contributed by atoms with Gasteiger partial charge in [0.05, 0.1) is 10.9 Å². The Morgan fingerprint density at radius 1 is 1.40 bits per heavy atom. The van der Waals surface area contributed by atoms with Gasteiger partial charge in [-0.2, -0.15) is 0 Å². The largest absolute Gasteiger partial charge is 0.356 e. The minimum atomic E-state index is -0.393. The third kappa shape index (κ3) is 5.78. The van der Waals surface area contributed by atoms with Gasteiger partial charge in [0, 0.05) is 22.9 Å². The Morgan fingerprint density at radius 3 is 3.00 bits per heavy atom. The summed E-state index contributed by atoms with van der Waals surface area (Å²) in [6.45, 7) is 2.82. The molecule has 2 aliphatic heterocycles. The molecular weight excluding hydrogens is 381 g/mol. The molecule has 3 rings (SSSR count). The van der Waals surface area contributed by atoms with Crippen molar-refractivity contribution in [2.75, 3.05) is 25.0 Å². The Kier molecular flexibility index (Phi) is 7.87. The van der Waals surface area contributed by atoms with Crippen LogP contribution in [0.25, 0.3) is 0 Å². The molecule has 2 aliphatic rings. The molecule has 2 unspecified atom stereocenters. The third-order valence-electron chi connectivity index (χ3n) is 4.41. The molecule has 0 bridgehead atoms. The SMILES string of the molecule is Cl.O=C(CC1Sc2ccc(Cl)cc2NC1=O)NCCC1CCCNC1. The molecule has 0 saturated carbocycles. The summed E-state index contributed by atoms with van der Waals surface area (Å²) in [6, 6.07) is 5.40. The topological polar surface area (TPSA) is 70.2 Å². The lowest BCUT2D eigenvalue weighted by molar-refractivity contribution is -0.124. The maximum absolute atomic E-state index is 12.2. The molecule has 0 spiro atoms. The number of carbonyl (C=O) groups is 2. The van der Waals surface area contributed by atoms with Crippen molar-refractivity contribution < 1.29 is 9.59 Å². The monoisotopic (exact) mass is 403 g/mol. The van der Waals surface area contributed by atoms with E-state index in [1.807, 2.05) is 6.07 Å². The number of halogens is 2. The van der Waals surface area contributed by atoms with Crippen LogP contribution in [0.5, 0.6) is 0 Å². The molecule has 0 radical (unpaired) electrons. The second-order valence-electron chi connectivity index (χ2n) is 6.29. The normalized spacial score (nSPS) is 22.4. The quantitative estimate of drug-likeness (QED) is 0.706. The fraction of sp³-hybridized carbons (Fsp3) is 0.529. The Balaban J connectivity index is 0.00000225. The van der Waals surface area contributed by atoms with Gasteiger partial charge in [-0.05, 0) is 56.5 Å². The summed E-state index contributed by atoms with van der Waals surface area (Å²) in [4.78, 5) is 25.2. The number of rotatable bonds is 5. The molecule has 0 aliphatic carbocycles. The summed E-state index contributed by atoms with van der Waals surface area (Å²) >= 11 is 7.36. The standard InChI is InChI=1S/C17H22ClN3O2S.ClH/c18-12-3-4-14-13(8-12)21-17(23)15(24-14)9-16(22)20-7-5-11-2-1-6-19-10-11;/h3-4,8,11,15,19H,1-2,5-7,9-10H2,(H,20,22)(H,21,23);1H. The summed E-state index contributed by atoms with van der Waals surface area (Å²) in [7, 11) is 0. The summed E-state index contributed by atoms with van der Waals surface area (Å²) < 4.78 is 0. The highest BCUT2D eigenvalue weighted by Gasteiger charge is 2.29. The van der Waals surface area contributed by atoms with E-state index >= 15 is 0 Å². The Morgan fingerprint density at radius 2 is 2.24 bits per heavy atom. The van der Waals surface area contributed by atoms with Crippen LogP contribution >= 0.6 is 35.8 Å². The zero-order valence-electron chi connectivity index (χ0n) is 13.8. The van der Waals surface area contributed by atoms with Gasteiger partial charge in [0.15, 0.2) is 0 Å². The number of nitrogens with one attached hydrogen (secondary N) is 3. The molecule has 2 amide bonds. The van der Waals surface area contributed by atoms with E-state index in [9.17, 15) is 9.59 Å². The van der Waals surface area contributed by atoms with Gasteiger partial charge in [0.2, 0.25) is 11.8 Å². The smallest absolute Gasteiger partial charge is 0.238 e. The van der Waals surface area contributed by atoms with Crippen molar-refractivity contribution in [3.63, 3.8) is 0 Å². The number of amides is 2. The predicted molar refractivity (Wildman–Crippen MR) is 105 cm³/mol. The van der Waals surface area contributed by atoms with Crippen molar-refractivity contribution in [1.29, 1.82) is 0 Å². The fourth-order valence-electron chi connectivity index (χ4n) is 3.08. The van der Waals surface area contributed by atoms with Crippen LogP contribution < -0.4 is 16.0 Å². The summed E-state index contributed by atoms with van der Waals surface area (Å²) in [5, 5.41) is 9.35. The molecule has 138 valence electrons. The van der Waals surface area contributed by atoms with Gasteiger partial charge in [0.1, 0.15) is 0 Å². The lowest BCUT2D eigenvalue weighted by atomic mass is 9.96. The van der Waals surface area contributed by atoms with E-state index in [0.717, 1.165) is 30.1 Å². The first-order valence-electron chi connectivity index (χ1n) is 8.36. The van der Waals surface area contributed by atoms with Crippen molar-refractivity contribution in [2.24, 2.45) is 5.92 Å². The minimum absolute atomic E-state index is 0. The molecule has 3 N–H and O–H groups in total. The highest BCUT2D eigenvalue weighted by molar-refractivity contribution is 8.01. The minimum Gasteiger partial charge on any atom is -0.356 e. The summed E-state index contributed by atoms with van der Waals surface area (Å²) in [5.74, 6) is 0.438. The first-order valence-corrected chi connectivity index (χ1v) is 9.62. The molecule has 0 aromatic heterocycles. The molecule has 25 heavy (non-hydrogen) atoms. The number of thioether (sulfide) groups is 1. The first-order chi connectivity index (χ1) is 11.6. The molecule has 8 heteroatoms. The van der Waals surface area contributed by atoms with Gasteiger partial charge in [-0.25, -0.2) is 0 Å². The van der Waals surface area contributed by atoms with Crippen molar-refractivity contribution >= 4 is 53.3 Å². The molecule has 1 fully saturated rings. The number of piperidine rings is 1. The molecule has 2 heterocycles. The zero-order chi connectivity index (χ0) is 16.9. The van der Waals surface area contributed by atoms with Crippen LogP contribution in [0.1, 0.15) is 25.7 Å². The average molecular weight is 404 g/mol. The second-order valence-corrected chi connectivity index (χ2v) is 7.97. The second kappa shape index (κ2) is 9.67. The molecule has 5 nitrogen and oxygen atoms in total. The molecular formula is C17H23Cl2N3O2S. The van der Waals surface area contributed by atoms with Crippen LogP contribution in [0.15, 0.2) is 23.1 Å². The van der Waals surface area contributed by atoms with E-state index in [1.54, 1.807) is 12.1 Å². The van der Waals surface area contributed by atoms with Gasteiger partial charge in [-0.1, -0.05) is 11.6 Å². The van der Waals surface area contributed by atoms with E-state index in [-0.39, 0.29) is 30.6 Å². The van der Waals surface area contributed by atoms with Crippen LogP contribution in [-0.2, 0) is 9.59 Å². The zero-order valence-corrected chi connectivity index (χ0v) is 16.2. The Bertz CT molecular complexity index is 624. The average Bonchev–Trinajstić information content (AvgIpc) is 2.57. The number of hydrogen-bond acceptors (Lipinski definition) is 4. The van der Waals surface area contributed by atoms with Crippen molar-refractivity contribution in [3.05, 3.63) is 23.2 Å². The molecule has 1 saturated heterocycles. The van der Waals surface area contributed by atoms with E-state index in [2.05, 4.69) is 16.0 Å². The third-order valence-corrected chi connectivity index (χ3v) is 5.92.